The quantitative estimate of drug-likeness (QED) is 0.767. The minimum atomic E-state index is 0.370. The third kappa shape index (κ3) is 3.74. The summed E-state index contributed by atoms with van der Waals surface area (Å²) in [4.78, 5) is 22.5. The Kier molecular flexibility index (Phi) is 5.55. The van der Waals surface area contributed by atoms with Crippen molar-refractivity contribution >= 4 is 11.7 Å². The van der Waals surface area contributed by atoms with Crippen molar-refractivity contribution in [1.29, 1.82) is 5.26 Å². The van der Waals surface area contributed by atoms with Crippen molar-refractivity contribution in [1.82, 2.24) is 9.88 Å². The normalized spacial score (nSPS) is 29.0. The van der Waals surface area contributed by atoms with Gasteiger partial charge in [0.2, 0.25) is 5.91 Å². The molecule has 1 amide bonds. The Morgan fingerprint density at radius 3 is 2.72 bits per heavy atom. The van der Waals surface area contributed by atoms with Gasteiger partial charge in [0.1, 0.15) is 11.9 Å². The Morgan fingerprint density at radius 1 is 1.28 bits per heavy atom. The van der Waals surface area contributed by atoms with Crippen LogP contribution >= 0.6 is 0 Å². The lowest BCUT2D eigenvalue weighted by atomic mass is 9.70. The average molecular weight is 395 g/mol. The number of fused-ring (bicyclic) bond motifs is 4. The summed E-state index contributed by atoms with van der Waals surface area (Å²) in [7, 11) is 0. The van der Waals surface area contributed by atoms with Crippen LogP contribution in [0.5, 0.6) is 0 Å². The molecule has 4 atom stereocenters. The molecule has 0 saturated carbocycles. The maximum atomic E-state index is 12.9. The molecule has 4 heterocycles. The summed E-state index contributed by atoms with van der Waals surface area (Å²) >= 11 is 0. The van der Waals surface area contributed by atoms with Gasteiger partial charge in [-0.2, -0.15) is 5.26 Å². The van der Waals surface area contributed by atoms with Crippen LogP contribution in [-0.4, -0.2) is 41.0 Å². The molecule has 5 heteroatoms. The highest BCUT2D eigenvalue weighted by Crippen LogP contribution is 2.44. The number of nitrogens with zero attached hydrogens (tertiary/aromatic N) is 4. The minimum absolute atomic E-state index is 0.370. The lowest BCUT2D eigenvalue weighted by molar-refractivity contribution is -0.149. The summed E-state index contributed by atoms with van der Waals surface area (Å²) in [6.45, 7) is 10.4. The van der Waals surface area contributed by atoms with E-state index in [1.165, 1.54) is 12.8 Å². The highest BCUT2D eigenvalue weighted by Gasteiger charge is 2.49. The number of anilines is 1. The van der Waals surface area contributed by atoms with Crippen molar-refractivity contribution in [2.45, 2.75) is 78.3 Å². The topological polar surface area (TPSA) is 60.2 Å². The fourth-order valence-electron chi connectivity index (χ4n) is 5.98. The van der Waals surface area contributed by atoms with Crippen LogP contribution in [0.2, 0.25) is 0 Å². The summed E-state index contributed by atoms with van der Waals surface area (Å²) < 4.78 is 0. The van der Waals surface area contributed by atoms with Gasteiger partial charge in [0, 0.05) is 31.6 Å². The first-order valence-corrected chi connectivity index (χ1v) is 11.3. The fraction of sp³-hybridized carbons (Fsp3) is 0.708. The van der Waals surface area contributed by atoms with Crippen LogP contribution in [0.1, 0.15) is 69.2 Å². The Bertz CT molecular complexity index is 804. The molecule has 2 bridgehead atoms. The van der Waals surface area contributed by atoms with E-state index >= 15 is 0 Å². The number of carbonyl (C=O) groups excluding carboxylic acids is 1. The molecule has 4 rings (SSSR count). The number of pyridine rings is 1. The summed E-state index contributed by atoms with van der Waals surface area (Å²) in [5.74, 6) is 3.11. The Balaban J connectivity index is 1.63. The summed E-state index contributed by atoms with van der Waals surface area (Å²) in [6, 6.07) is 5.13. The van der Waals surface area contributed by atoms with Gasteiger partial charge in [-0.3, -0.25) is 4.79 Å². The summed E-state index contributed by atoms with van der Waals surface area (Å²) in [6.07, 6.45) is 6.44. The van der Waals surface area contributed by atoms with E-state index in [0.29, 0.717) is 41.3 Å². The van der Waals surface area contributed by atoms with Gasteiger partial charge in [-0.05, 0) is 75.3 Å². The number of hydrogen-bond donors (Lipinski definition) is 0. The minimum Gasteiger partial charge on any atom is -0.356 e. The molecule has 0 aromatic carbocycles. The van der Waals surface area contributed by atoms with E-state index in [1.807, 2.05) is 13.8 Å². The lowest BCUT2D eigenvalue weighted by Gasteiger charge is -2.57. The Labute approximate surface area is 175 Å². The van der Waals surface area contributed by atoms with E-state index in [2.05, 4.69) is 35.8 Å². The Morgan fingerprint density at radius 2 is 2.03 bits per heavy atom. The van der Waals surface area contributed by atoms with Crippen molar-refractivity contribution in [2.24, 2.45) is 17.8 Å². The second-order valence-corrected chi connectivity index (χ2v) is 9.83. The molecule has 0 unspecified atom stereocenters. The molecule has 0 spiro atoms. The van der Waals surface area contributed by atoms with E-state index in [9.17, 15) is 10.1 Å². The third-order valence-corrected chi connectivity index (χ3v) is 7.36. The third-order valence-electron chi connectivity index (χ3n) is 7.36. The number of rotatable bonds is 4. The molecule has 3 saturated heterocycles. The van der Waals surface area contributed by atoms with Crippen LogP contribution in [-0.2, 0) is 4.79 Å². The summed E-state index contributed by atoms with van der Waals surface area (Å²) in [5, 5.41) is 9.38. The molecule has 0 radical (unpaired) electrons. The largest absolute Gasteiger partial charge is 0.356 e. The first kappa shape index (κ1) is 20.2. The Hall–Kier alpha value is -2.09. The van der Waals surface area contributed by atoms with Gasteiger partial charge in [0.25, 0.3) is 0 Å². The molecule has 3 aliphatic rings. The van der Waals surface area contributed by atoms with E-state index < -0.39 is 0 Å². The molecular formula is C24H34N4O. The second kappa shape index (κ2) is 7.97. The molecule has 29 heavy (non-hydrogen) atoms. The predicted molar refractivity (Wildman–Crippen MR) is 115 cm³/mol. The number of piperidine rings is 3. The molecule has 156 valence electrons. The smallest absolute Gasteiger partial charge is 0.223 e. The zero-order valence-electron chi connectivity index (χ0n) is 18.3. The first-order valence-electron chi connectivity index (χ1n) is 11.3. The van der Waals surface area contributed by atoms with Crippen molar-refractivity contribution in [2.75, 3.05) is 18.0 Å². The highest BCUT2D eigenvalue weighted by molar-refractivity contribution is 5.78. The van der Waals surface area contributed by atoms with Crippen LogP contribution in [0, 0.1) is 42.9 Å². The monoisotopic (exact) mass is 394 g/mol. The van der Waals surface area contributed by atoms with Crippen LogP contribution in [0.15, 0.2) is 6.07 Å². The van der Waals surface area contributed by atoms with Gasteiger partial charge < -0.3 is 9.80 Å². The van der Waals surface area contributed by atoms with E-state index in [-0.39, 0.29) is 0 Å². The standard InChI is InChI=1S/C24H34N4O/c1-15(2)8-9-22-19-11-18(21-6-5-7-24(29)28(21)22)13-27(14-19)23-10-16(3)20(12-25)17(4)26-23/h10,15,18-19,21-22H,5-9,11,13-14H2,1-4H3/t18-,19+,21+,22+/m1/s1. The molecule has 3 aliphatic heterocycles. The molecule has 1 aromatic rings. The molecule has 0 aliphatic carbocycles. The van der Waals surface area contributed by atoms with E-state index in [1.54, 1.807) is 0 Å². The van der Waals surface area contributed by atoms with Gasteiger partial charge in [0.15, 0.2) is 0 Å². The molecule has 5 nitrogen and oxygen atoms in total. The van der Waals surface area contributed by atoms with Crippen LogP contribution in [0.4, 0.5) is 5.82 Å². The molecule has 1 aromatic heterocycles. The van der Waals surface area contributed by atoms with Crippen LogP contribution in [0.25, 0.3) is 0 Å². The summed E-state index contributed by atoms with van der Waals surface area (Å²) in [5.41, 5.74) is 2.53. The van der Waals surface area contributed by atoms with Crippen LogP contribution < -0.4 is 4.90 Å². The van der Waals surface area contributed by atoms with Gasteiger partial charge in [-0.15, -0.1) is 0 Å². The van der Waals surface area contributed by atoms with Crippen molar-refractivity contribution in [3.05, 3.63) is 22.9 Å². The molecule has 3 fully saturated rings. The fourth-order valence-corrected chi connectivity index (χ4v) is 5.98. The zero-order valence-corrected chi connectivity index (χ0v) is 18.3. The molecule has 0 N–H and O–H groups in total. The van der Waals surface area contributed by atoms with Gasteiger partial charge in [0.05, 0.1) is 11.3 Å². The lowest BCUT2D eigenvalue weighted by Crippen LogP contribution is -2.65. The number of carbonyl (C=O) groups is 1. The maximum Gasteiger partial charge on any atom is 0.223 e. The highest BCUT2D eigenvalue weighted by atomic mass is 16.2. The second-order valence-electron chi connectivity index (χ2n) is 9.83. The van der Waals surface area contributed by atoms with Gasteiger partial charge in [-0.1, -0.05) is 13.8 Å². The van der Waals surface area contributed by atoms with E-state index in [0.717, 1.165) is 55.8 Å². The average Bonchev–Trinajstić information content (AvgIpc) is 2.67. The number of nitriles is 1. The SMILES string of the molecule is Cc1cc(N2C[C@H]3C[C@@H](C2)[C@H](CCC(C)C)N2C(=O)CCC[C@@H]32)nc(C)c1C#N. The van der Waals surface area contributed by atoms with E-state index in [4.69, 9.17) is 4.98 Å². The maximum absolute atomic E-state index is 12.9. The van der Waals surface area contributed by atoms with Crippen molar-refractivity contribution < 1.29 is 4.79 Å². The van der Waals surface area contributed by atoms with Gasteiger partial charge >= 0.3 is 0 Å². The molecular weight excluding hydrogens is 360 g/mol. The van der Waals surface area contributed by atoms with Crippen molar-refractivity contribution in [3.8, 4) is 6.07 Å². The zero-order chi connectivity index (χ0) is 20.7. The van der Waals surface area contributed by atoms with Crippen molar-refractivity contribution in [3.63, 3.8) is 0 Å². The van der Waals surface area contributed by atoms with Gasteiger partial charge in [-0.25, -0.2) is 4.98 Å². The first-order chi connectivity index (χ1) is 13.9. The predicted octanol–water partition coefficient (Wildman–Crippen LogP) is 4.21. The number of hydrogen-bond acceptors (Lipinski definition) is 4. The number of aromatic nitrogens is 1. The number of amides is 1. The number of aryl methyl sites for hydroxylation is 2. The van der Waals surface area contributed by atoms with Crippen LogP contribution in [0.3, 0.4) is 0 Å².